The lowest BCUT2D eigenvalue weighted by atomic mass is 10.2. The van der Waals surface area contributed by atoms with E-state index in [9.17, 15) is 9.18 Å². The van der Waals surface area contributed by atoms with Gasteiger partial charge in [0.05, 0.1) is 13.7 Å². The molecule has 0 fully saturated rings. The summed E-state index contributed by atoms with van der Waals surface area (Å²) in [7, 11) is -1.35. The van der Waals surface area contributed by atoms with Crippen molar-refractivity contribution in [3.8, 4) is 5.75 Å². The van der Waals surface area contributed by atoms with Crippen LogP contribution >= 0.6 is 0 Å². The van der Waals surface area contributed by atoms with Gasteiger partial charge in [0.1, 0.15) is 0 Å². The first-order chi connectivity index (χ1) is 13.5. The monoisotopic (exact) mass is 414 g/mol. The van der Waals surface area contributed by atoms with Gasteiger partial charge in [0.25, 0.3) is 0 Å². The Kier molecular flexibility index (Phi) is 11.7. The van der Waals surface area contributed by atoms with Crippen molar-refractivity contribution in [3.05, 3.63) is 35.7 Å². The molecular formula is C20H31FO6Si. The lowest BCUT2D eigenvalue weighted by molar-refractivity contribution is -0.134. The quantitative estimate of drug-likeness (QED) is 0.197. The highest BCUT2D eigenvalue weighted by molar-refractivity contribution is 6.60. The number of benzene rings is 1. The minimum absolute atomic E-state index is 0.179. The predicted octanol–water partition coefficient (Wildman–Crippen LogP) is 4.22. The van der Waals surface area contributed by atoms with Gasteiger partial charge in [-0.25, -0.2) is 9.18 Å². The SMILES string of the molecule is CCO[Si](CCCCOc1ccc(C=CC(=O)OC)cc1F)(OCC)OCC. The topological polar surface area (TPSA) is 63.2 Å². The molecule has 0 aromatic heterocycles. The van der Waals surface area contributed by atoms with Gasteiger partial charge in [-0.05, 0) is 57.4 Å². The highest BCUT2D eigenvalue weighted by Crippen LogP contribution is 2.22. The number of rotatable bonds is 14. The standard InChI is InChI=1S/C20H31FO6Si/c1-5-25-28(26-6-2,27-7-3)15-9-8-14-24-19-12-10-17(16-18(19)21)11-13-20(22)23-4/h10-13,16H,5-9,14-15H2,1-4H3. The van der Waals surface area contributed by atoms with E-state index in [1.807, 2.05) is 20.8 Å². The van der Waals surface area contributed by atoms with E-state index in [4.69, 9.17) is 18.0 Å². The van der Waals surface area contributed by atoms with Crippen molar-refractivity contribution in [2.45, 2.75) is 39.7 Å². The van der Waals surface area contributed by atoms with Crippen LogP contribution in [0.4, 0.5) is 4.39 Å². The number of halogens is 1. The van der Waals surface area contributed by atoms with Crippen LogP contribution < -0.4 is 4.74 Å². The van der Waals surface area contributed by atoms with Crippen LogP contribution in [0.5, 0.6) is 5.75 Å². The van der Waals surface area contributed by atoms with Crippen molar-refractivity contribution in [1.29, 1.82) is 0 Å². The third-order valence-corrected chi connectivity index (χ3v) is 6.95. The first-order valence-electron chi connectivity index (χ1n) is 9.60. The summed E-state index contributed by atoms with van der Waals surface area (Å²) in [5, 5.41) is 0. The molecule has 0 radical (unpaired) electrons. The average Bonchev–Trinajstić information content (AvgIpc) is 2.67. The second-order valence-electron chi connectivity index (χ2n) is 5.83. The van der Waals surface area contributed by atoms with Gasteiger partial charge in [0, 0.05) is 31.9 Å². The van der Waals surface area contributed by atoms with E-state index in [1.54, 1.807) is 12.1 Å². The molecule has 0 amide bonds. The first kappa shape index (κ1) is 24.3. The van der Waals surface area contributed by atoms with Gasteiger partial charge in [0.15, 0.2) is 11.6 Å². The second kappa shape index (κ2) is 13.4. The molecule has 0 aliphatic heterocycles. The molecule has 1 aromatic rings. The number of ether oxygens (including phenoxy) is 2. The number of hydrogen-bond acceptors (Lipinski definition) is 6. The highest BCUT2D eigenvalue weighted by atomic mass is 28.4. The molecule has 1 aromatic carbocycles. The molecular weight excluding hydrogens is 383 g/mol. The third-order valence-electron chi connectivity index (χ3n) is 3.80. The minimum Gasteiger partial charge on any atom is -0.491 e. The number of hydrogen-bond donors (Lipinski definition) is 0. The largest absolute Gasteiger partial charge is 0.500 e. The summed E-state index contributed by atoms with van der Waals surface area (Å²) in [6, 6.07) is 5.23. The Morgan fingerprint density at radius 2 is 1.71 bits per heavy atom. The summed E-state index contributed by atoms with van der Waals surface area (Å²) >= 11 is 0. The average molecular weight is 415 g/mol. The molecule has 0 unspecified atom stereocenters. The highest BCUT2D eigenvalue weighted by Gasteiger charge is 2.39. The van der Waals surface area contributed by atoms with Gasteiger partial charge < -0.3 is 22.8 Å². The van der Waals surface area contributed by atoms with Crippen LogP contribution in [0.1, 0.15) is 39.2 Å². The minimum atomic E-state index is -2.64. The van der Waals surface area contributed by atoms with E-state index >= 15 is 0 Å². The summed E-state index contributed by atoms with van der Waals surface area (Å²) < 4.78 is 41.6. The molecule has 158 valence electrons. The fourth-order valence-corrected chi connectivity index (χ4v) is 5.28. The van der Waals surface area contributed by atoms with Crippen molar-refractivity contribution in [1.82, 2.24) is 0 Å². The van der Waals surface area contributed by atoms with E-state index in [0.717, 1.165) is 12.8 Å². The van der Waals surface area contributed by atoms with E-state index in [1.165, 1.54) is 25.3 Å². The molecule has 0 atom stereocenters. The molecule has 0 heterocycles. The van der Waals surface area contributed by atoms with Crippen LogP contribution in [0.2, 0.25) is 6.04 Å². The number of carbonyl (C=O) groups excluding carboxylic acids is 1. The summed E-state index contributed by atoms with van der Waals surface area (Å²) in [5.41, 5.74) is 0.552. The van der Waals surface area contributed by atoms with Crippen LogP contribution in [0.3, 0.4) is 0 Å². The van der Waals surface area contributed by atoms with Crippen LogP contribution in [0, 0.1) is 5.82 Å². The normalized spacial score (nSPS) is 11.8. The Hall–Kier alpha value is -1.74. The van der Waals surface area contributed by atoms with Crippen LogP contribution in [-0.2, 0) is 22.8 Å². The van der Waals surface area contributed by atoms with Gasteiger partial charge in [0.2, 0.25) is 0 Å². The smallest absolute Gasteiger partial charge is 0.491 e. The summed E-state index contributed by atoms with van der Waals surface area (Å²) in [6.45, 7) is 7.80. The molecule has 0 aliphatic carbocycles. The van der Waals surface area contributed by atoms with Gasteiger partial charge in [-0.3, -0.25) is 0 Å². The molecule has 6 nitrogen and oxygen atoms in total. The van der Waals surface area contributed by atoms with E-state index in [-0.39, 0.29) is 5.75 Å². The lowest BCUT2D eigenvalue weighted by Gasteiger charge is -2.28. The Labute approximate surface area is 167 Å². The number of carbonyl (C=O) groups is 1. The number of methoxy groups -OCH3 is 1. The second-order valence-corrected chi connectivity index (χ2v) is 8.57. The van der Waals surface area contributed by atoms with Gasteiger partial charge in [-0.2, -0.15) is 0 Å². The molecule has 0 aliphatic rings. The molecule has 0 bridgehead atoms. The van der Waals surface area contributed by atoms with Gasteiger partial charge in [-0.15, -0.1) is 0 Å². The number of esters is 1. The summed E-state index contributed by atoms with van der Waals surface area (Å²) in [5.74, 6) is -0.793. The summed E-state index contributed by atoms with van der Waals surface area (Å²) in [4.78, 5) is 11.1. The fraction of sp³-hybridized carbons (Fsp3) is 0.550. The molecule has 0 N–H and O–H groups in total. The lowest BCUT2D eigenvalue weighted by Crippen LogP contribution is -2.45. The van der Waals surface area contributed by atoms with Crippen LogP contribution in [0.15, 0.2) is 24.3 Å². The predicted molar refractivity (Wildman–Crippen MR) is 108 cm³/mol. The Bertz CT molecular complexity index is 606. The van der Waals surface area contributed by atoms with Crippen LogP contribution in [-0.4, -0.2) is 48.3 Å². The maximum Gasteiger partial charge on any atom is 0.500 e. The maximum atomic E-state index is 14.1. The third kappa shape index (κ3) is 8.51. The van der Waals surface area contributed by atoms with Crippen LogP contribution in [0.25, 0.3) is 6.08 Å². The zero-order chi connectivity index (χ0) is 20.8. The zero-order valence-corrected chi connectivity index (χ0v) is 18.2. The summed E-state index contributed by atoms with van der Waals surface area (Å²) in [6.07, 6.45) is 4.25. The van der Waals surface area contributed by atoms with Crippen molar-refractivity contribution in [3.63, 3.8) is 0 Å². The first-order valence-corrected chi connectivity index (χ1v) is 11.5. The van der Waals surface area contributed by atoms with Gasteiger partial charge in [-0.1, -0.05) is 6.07 Å². The fourth-order valence-electron chi connectivity index (χ4n) is 2.60. The molecule has 0 saturated heterocycles. The van der Waals surface area contributed by atoms with Gasteiger partial charge >= 0.3 is 14.8 Å². The Morgan fingerprint density at radius 3 is 2.25 bits per heavy atom. The molecule has 28 heavy (non-hydrogen) atoms. The van der Waals surface area contributed by atoms with Crippen molar-refractivity contribution in [2.24, 2.45) is 0 Å². The van der Waals surface area contributed by atoms with E-state index in [0.29, 0.717) is 38.0 Å². The Balaban J connectivity index is 2.50. The molecule has 1 rings (SSSR count). The number of unbranched alkanes of at least 4 members (excludes halogenated alkanes) is 1. The van der Waals surface area contributed by atoms with Crippen molar-refractivity contribution < 1.29 is 31.9 Å². The maximum absolute atomic E-state index is 14.1. The van der Waals surface area contributed by atoms with Crippen molar-refractivity contribution >= 4 is 20.8 Å². The van der Waals surface area contributed by atoms with E-state index < -0.39 is 20.6 Å². The zero-order valence-electron chi connectivity index (χ0n) is 17.2. The molecule has 8 heteroatoms. The molecule has 0 saturated carbocycles. The van der Waals surface area contributed by atoms with Crippen molar-refractivity contribution in [2.75, 3.05) is 33.5 Å². The van der Waals surface area contributed by atoms with E-state index in [2.05, 4.69) is 4.74 Å². The molecule has 0 spiro atoms. The Morgan fingerprint density at radius 1 is 1.07 bits per heavy atom.